The molecule has 0 radical (unpaired) electrons. The Hall–Kier alpha value is -3.12. The van der Waals surface area contributed by atoms with Crippen molar-refractivity contribution in [1.29, 1.82) is 0 Å². The van der Waals surface area contributed by atoms with E-state index in [1.54, 1.807) is 11.6 Å². The van der Waals surface area contributed by atoms with Crippen LogP contribution in [0.3, 0.4) is 0 Å². The van der Waals surface area contributed by atoms with Gasteiger partial charge in [-0.1, -0.05) is 44.2 Å². The van der Waals surface area contributed by atoms with Crippen molar-refractivity contribution in [2.45, 2.75) is 47.0 Å². The van der Waals surface area contributed by atoms with Crippen molar-refractivity contribution in [1.82, 2.24) is 9.13 Å². The number of aryl methyl sites for hydroxylation is 1. The summed E-state index contributed by atoms with van der Waals surface area (Å²) in [7, 11) is 1.70. The summed E-state index contributed by atoms with van der Waals surface area (Å²) in [5.41, 5.74) is 3.46. The number of hydrogen-bond acceptors (Lipinski definition) is 4. The molecule has 3 rings (SSSR count). The van der Waals surface area contributed by atoms with Gasteiger partial charge in [-0.15, -0.1) is 0 Å². The maximum Gasteiger partial charge on any atom is 0.333 e. The molecule has 31 heavy (non-hydrogen) atoms. The summed E-state index contributed by atoms with van der Waals surface area (Å²) >= 11 is 0. The van der Waals surface area contributed by atoms with Crippen molar-refractivity contribution in [3.05, 3.63) is 86.1 Å². The Balaban J connectivity index is 1.96. The molecule has 1 heterocycles. The minimum Gasteiger partial charge on any atom is -0.489 e. The Morgan fingerprint density at radius 2 is 1.74 bits per heavy atom. The first-order valence-corrected chi connectivity index (χ1v) is 10.7. The van der Waals surface area contributed by atoms with E-state index >= 15 is 0 Å². The quantitative estimate of drug-likeness (QED) is 0.488. The Kier molecular flexibility index (Phi) is 7.47. The molecule has 3 aromatic rings. The van der Waals surface area contributed by atoms with Crippen LogP contribution < -0.4 is 16.0 Å². The van der Waals surface area contributed by atoms with E-state index in [4.69, 9.17) is 9.47 Å². The molecule has 0 N–H and O–H groups in total. The minimum atomic E-state index is -0.378. The largest absolute Gasteiger partial charge is 0.489 e. The summed E-state index contributed by atoms with van der Waals surface area (Å²) < 4.78 is 14.1. The third-order valence-corrected chi connectivity index (χ3v) is 5.27. The molecule has 0 saturated heterocycles. The summed E-state index contributed by atoms with van der Waals surface area (Å²) in [6.07, 6.45) is 1.34. The lowest BCUT2D eigenvalue weighted by atomic mass is 10.00. The van der Waals surface area contributed by atoms with Crippen LogP contribution in [0.15, 0.2) is 58.1 Å². The minimum absolute atomic E-state index is 0.0299. The number of nitrogens with zero attached hydrogens (tertiary/aromatic N) is 2. The standard InChI is InChI=1S/C25H30N2O4/c1-5-14-30-17-27-24(28)21(6-2)23(26(4)25(27)29)22-13-12-20(15-18(22)3)31-16-19-10-8-7-9-11-19/h7-13,15H,5-6,14,16-17H2,1-4H3. The van der Waals surface area contributed by atoms with Crippen LogP contribution in [0, 0.1) is 6.92 Å². The van der Waals surface area contributed by atoms with Gasteiger partial charge in [0.1, 0.15) is 19.1 Å². The fourth-order valence-corrected chi connectivity index (χ4v) is 3.64. The van der Waals surface area contributed by atoms with Crippen molar-refractivity contribution in [3.63, 3.8) is 0 Å². The molecule has 0 unspecified atom stereocenters. The molecular weight excluding hydrogens is 392 g/mol. The number of aromatic nitrogens is 2. The molecular formula is C25H30N2O4. The highest BCUT2D eigenvalue weighted by Gasteiger charge is 2.19. The molecule has 0 aliphatic carbocycles. The summed E-state index contributed by atoms with van der Waals surface area (Å²) in [4.78, 5) is 25.9. The molecule has 0 aliphatic rings. The third-order valence-electron chi connectivity index (χ3n) is 5.27. The second kappa shape index (κ2) is 10.3. The van der Waals surface area contributed by atoms with E-state index in [0.29, 0.717) is 30.9 Å². The first-order chi connectivity index (χ1) is 15.0. The van der Waals surface area contributed by atoms with Gasteiger partial charge in [0.05, 0.1) is 5.69 Å². The molecule has 6 nitrogen and oxygen atoms in total. The zero-order valence-corrected chi connectivity index (χ0v) is 18.7. The zero-order valence-electron chi connectivity index (χ0n) is 18.7. The molecule has 2 aromatic carbocycles. The third kappa shape index (κ3) is 4.97. The molecule has 164 valence electrons. The molecule has 0 spiro atoms. The second-order valence-electron chi connectivity index (χ2n) is 7.54. The molecule has 0 saturated carbocycles. The van der Waals surface area contributed by atoms with Gasteiger partial charge in [-0.3, -0.25) is 9.36 Å². The van der Waals surface area contributed by atoms with Crippen LogP contribution in [0.2, 0.25) is 0 Å². The van der Waals surface area contributed by atoms with Gasteiger partial charge < -0.3 is 9.47 Å². The molecule has 0 atom stereocenters. The van der Waals surface area contributed by atoms with Gasteiger partial charge in [-0.05, 0) is 49.1 Å². The van der Waals surface area contributed by atoms with Crippen LogP contribution in [0.25, 0.3) is 11.3 Å². The molecule has 0 fully saturated rings. The van der Waals surface area contributed by atoms with Crippen LogP contribution in [-0.2, 0) is 31.5 Å². The average Bonchev–Trinajstić information content (AvgIpc) is 2.78. The van der Waals surface area contributed by atoms with Gasteiger partial charge in [-0.2, -0.15) is 0 Å². The SMILES string of the molecule is CCCOCn1c(=O)c(CC)c(-c2ccc(OCc3ccccc3)cc2C)n(C)c1=O. The Bertz CT molecular complexity index is 1150. The Morgan fingerprint density at radius 3 is 2.39 bits per heavy atom. The lowest BCUT2D eigenvalue weighted by Gasteiger charge is -2.18. The highest BCUT2D eigenvalue weighted by atomic mass is 16.5. The van der Waals surface area contributed by atoms with E-state index in [2.05, 4.69) is 0 Å². The van der Waals surface area contributed by atoms with Gasteiger partial charge in [0, 0.05) is 24.8 Å². The highest BCUT2D eigenvalue weighted by Crippen LogP contribution is 2.28. The fraction of sp³-hybridized carbons (Fsp3) is 0.360. The fourth-order valence-electron chi connectivity index (χ4n) is 3.64. The van der Waals surface area contributed by atoms with Crippen LogP contribution in [0.4, 0.5) is 0 Å². The van der Waals surface area contributed by atoms with Crippen LogP contribution >= 0.6 is 0 Å². The summed E-state index contributed by atoms with van der Waals surface area (Å²) in [5, 5.41) is 0. The van der Waals surface area contributed by atoms with E-state index in [9.17, 15) is 9.59 Å². The summed E-state index contributed by atoms with van der Waals surface area (Å²) in [6, 6.07) is 15.7. The first-order valence-electron chi connectivity index (χ1n) is 10.7. The van der Waals surface area contributed by atoms with Crippen molar-refractivity contribution >= 4 is 0 Å². The lowest BCUT2D eigenvalue weighted by molar-refractivity contribution is 0.0712. The van der Waals surface area contributed by atoms with Crippen molar-refractivity contribution in [2.75, 3.05) is 6.61 Å². The van der Waals surface area contributed by atoms with Crippen molar-refractivity contribution < 1.29 is 9.47 Å². The van der Waals surface area contributed by atoms with E-state index in [1.165, 1.54) is 4.57 Å². The van der Waals surface area contributed by atoms with Crippen LogP contribution in [-0.4, -0.2) is 15.7 Å². The topological polar surface area (TPSA) is 62.5 Å². The predicted molar refractivity (Wildman–Crippen MR) is 123 cm³/mol. The first kappa shape index (κ1) is 22.6. The van der Waals surface area contributed by atoms with Gasteiger partial charge >= 0.3 is 5.69 Å². The maximum absolute atomic E-state index is 13.0. The Labute approximate surface area is 182 Å². The molecule has 0 bridgehead atoms. The number of benzene rings is 2. The monoisotopic (exact) mass is 422 g/mol. The smallest absolute Gasteiger partial charge is 0.333 e. The summed E-state index contributed by atoms with van der Waals surface area (Å²) in [5.74, 6) is 0.745. The Morgan fingerprint density at radius 1 is 1.00 bits per heavy atom. The van der Waals surface area contributed by atoms with Crippen LogP contribution in [0.1, 0.15) is 37.0 Å². The van der Waals surface area contributed by atoms with Crippen molar-refractivity contribution in [3.8, 4) is 17.0 Å². The normalized spacial score (nSPS) is 11.0. The van der Waals surface area contributed by atoms with E-state index in [0.717, 1.165) is 28.9 Å². The maximum atomic E-state index is 13.0. The number of ether oxygens (including phenoxy) is 2. The molecule has 0 amide bonds. The second-order valence-corrected chi connectivity index (χ2v) is 7.54. The lowest BCUT2D eigenvalue weighted by Crippen LogP contribution is -2.42. The number of rotatable bonds is 9. The van der Waals surface area contributed by atoms with E-state index in [1.807, 2.05) is 69.3 Å². The average molecular weight is 423 g/mol. The molecule has 0 aliphatic heterocycles. The summed E-state index contributed by atoms with van der Waals surface area (Å²) in [6.45, 7) is 6.82. The van der Waals surface area contributed by atoms with E-state index < -0.39 is 0 Å². The zero-order chi connectivity index (χ0) is 22.4. The van der Waals surface area contributed by atoms with Crippen molar-refractivity contribution in [2.24, 2.45) is 7.05 Å². The van der Waals surface area contributed by atoms with Gasteiger partial charge in [0.2, 0.25) is 0 Å². The van der Waals surface area contributed by atoms with Gasteiger partial charge in [0.25, 0.3) is 5.56 Å². The highest BCUT2D eigenvalue weighted by molar-refractivity contribution is 5.68. The number of hydrogen-bond donors (Lipinski definition) is 0. The molecule has 6 heteroatoms. The van der Waals surface area contributed by atoms with Gasteiger partial charge in [-0.25, -0.2) is 9.36 Å². The van der Waals surface area contributed by atoms with Crippen LogP contribution in [0.5, 0.6) is 5.75 Å². The van der Waals surface area contributed by atoms with E-state index in [-0.39, 0.29) is 18.0 Å². The molecule has 1 aromatic heterocycles. The van der Waals surface area contributed by atoms with Gasteiger partial charge in [0.15, 0.2) is 0 Å². The predicted octanol–water partition coefficient (Wildman–Crippen LogP) is 4.05.